The molecular formula is C19H21FN4O2S2. The van der Waals surface area contributed by atoms with Gasteiger partial charge >= 0.3 is 0 Å². The summed E-state index contributed by atoms with van der Waals surface area (Å²) < 4.78 is 40.4. The Bertz CT molecular complexity index is 987. The molecule has 1 aromatic carbocycles. The van der Waals surface area contributed by atoms with Gasteiger partial charge in [0.15, 0.2) is 0 Å². The molecule has 0 atom stereocenters. The maximum atomic E-state index is 13.6. The normalized spacial score (nSPS) is 19.4. The van der Waals surface area contributed by atoms with Gasteiger partial charge in [-0.15, -0.1) is 11.8 Å². The van der Waals surface area contributed by atoms with E-state index in [1.54, 1.807) is 30.0 Å². The van der Waals surface area contributed by atoms with Crippen LogP contribution in [0, 0.1) is 5.82 Å². The van der Waals surface area contributed by atoms with Gasteiger partial charge in [-0.25, -0.2) is 17.8 Å². The molecular weight excluding hydrogens is 399 g/mol. The lowest BCUT2D eigenvalue weighted by Crippen LogP contribution is -2.35. The van der Waals surface area contributed by atoms with Crippen LogP contribution in [0.1, 0.15) is 31.2 Å². The Morgan fingerprint density at radius 1 is 1.14 bits per heavy atom. The standard InChI is InChI=1S/C19H21FN4O2S2/c20-14-4-6-18-16(12-14)17(8-11-27-18)22-23-19-7-5-15(13-21-19)28(25,26)24-9-2-1-3-10-24/h4-7,12-13H,1-3,8-11H2,(H,21,23)/b22-17-. The zero-order chi connectivity index (χ0) is 19.6. The molecule has 0 amide bonds. The molecule has 1 fully saturated rings. The number of rotatable bonds is 4. The number of thioether (sulfide) groups is 1. The number of hydrogen-bond acceptors (Lipinski definition) is 6. The molecule has 1 aromatic heterocycles. The maximum Gasteiger partial charge on any atom is 0.244 e. The minimum absolute atomic E-state index is 0.189. The predicted molar refractivity (Wildman–Crippen MR) is 109 cm³/mol. The van der Waals surface area contributed by atoms with Crippen LogP contribution in [0.3, 0.4) is 0 Å². The van der Waals surface area contributed by atoms with Crippen LogP contribution in [0.5, 0.6) is 0 Å². The van der Waals surface area contributed by atoms with E-state index in [9.17, 15) is 12.8 Å². The molecule has 2 aromatic rings. The summed E-state index contributed by atoms with van der Waals surface area (Å²) in [5.74, 6) is 1.03. The molecule has 0 radical (unpaired) electrons. The molecule has 4 rings (SSSR count). The fourth-order valence-corrected chi connectivity index (χ4v) is 5.81. The number of hydrazone groups is 1. The number of piperidine rings is 1. The second kappa shape index (κ2) is 8.18. The van der Waals surface area contributed by atoms with E-state index in [1.807, 2.05) is 0 Å². The van der Waals surface area contributed by atoms with Gasteiger partial charge in [-0.2, -0.15) is 9.41 Å². The van der Waals surface area contributed by atoms with Crippen molar-refractivity contribution in [1.82, 2.24) is 9.29 Å². The number of nitrogens with zero attached hydrogens (tertiary/aromatic N) is 3. The van der Waals surface area contributed by atoms with E-state index in [1.165, 1.54) is 22.6 Å². The highest BCUT2D eigenvalue weighted by Crippen LogP contribution is 2.31. The Kier molecular flexibility index (Phi) is 5.65. The highest BCUT2D eigenvalue weighted by atomic mass is 32.2. The second-order valence-corrected chi connectivity index (χ2v) is 9.83. The number of pyridine rings is 1. The lowest BCUT2D eigenvalue weighted by Gasteiger charge is -2.25. The first-order valence-electron chi connectivity index (χ1n) is 9.25. The maximum absolute atomic E-state index is 13.6. The number of hydrogen-bond donors (Lipinski definition) is 1. The largest absolute Gasteiger partial charge is 0.261 e. The van der Waals surface area contributed by atoms with Gasteiger partial charge in [-0.1, -0.05) is 6.42 Å². The molecule has 6 nitrogen and oxygen atoms in total. The van der Waals surface area contributed by atoms with Gasteiger partial charge in [0.2, 0.25) is 10.0 Å². The number of anilines is 1. The Morgan fingerprint density at radius 3 is 2.71 bits per heavy atom. The fraction of sp³-hybridized carbons (Fsp3) is 0.368. The Morgan fingerprint density at radius 2 is 1.96 bits per heavy atom. The van der Waals surface area contributed by atoms with Crippen LogP contribution in [0.2, 0.25) is 0 Å². The van der Waals surface area contributed by atoms with Crippen LogP contribution in [0.15, 0.2) is 51.4 Å². The lowest BCUT2D eigenvalue weighted by atomic mass is 10.1. The van der Waals surface area contributed by atoms with Gasteiger partial charge in [0.1, 0.15) is 16.5 Å². The summed E-state index contributed by atoms with van der Waals surface area (Å²) in [6.45, 7) is 1.12. The number of fused-ring (bicyclic) bond motifs is 1. The predicted octanol–water partition coefficient (Wildman–Crippen LogP) is 3.71. The van der Waals surface area contributed by atoms with Crippen molar-refractivity contribution in [2.24, 2.45) is 5.10 Å². The molecule has 0 aliphatic carbocycles. The van der Waals surface area contributed by atoms with Gasteiger partial charge in [0.25, 0.3) is 0 Å². The molecule has 28 heavy (non-hydrogen) atoms. The molecule has 1 saturated heterocycles. The van der Waals surface area contributed by atoms with E-state index in [0.29, 0.717) is 18.9 Å². The molecule has 0 unspecified atom stereocenters. The molecule has 0 bridgehead atoms. The van der Waals surface area contributed by atoms with E-state index < -0.39 is 10.0 Å². The fourth-order valence-electron chi connectivity index (χ4n) is 3.34. The zero-order valence-electron chi connectivity index (χ0n) is 15.3. The van der Waals surface area contributed by atoms with Crippen molar-refractivity contribution in [2.75, 3.05) is 24.3 Å². The smallest absolute Gasteiger partial charge is 0.244 e. The third-order valence-electron chi connectivity index (χ3n) is 4.84. The minimum Gasteiger partial charge on any atom is -0.261 e. The van der Waals surface area contributed by atoms with Crippen LogP contribution in [-0.4, -0.2) is 42.3 Å². The average molecular weight is 421 g/mol. The highest BCUT2D eigenvalue weighted by Gasteiger charge is 2.26. The van der Waals surface area contributed by atoms with E-state index in [2.05, 4.69) is 15.5 Å². The molecule has 0 saturated carbocycles. The summed E-state index contributed by atoms with van der Waals surface area (Å²) >= 11 is 1.68. The monoisotopic (exact) mass is 420 g/mol. The SMILES string of the molecule is O=S(=O)(c1ccc(N/N=C2/CCSc3ccc(F)cc32)nc1)N1CCCCC1. The summed E-state index contributed by atoms with van der Waals surface area (Å²) in [4.78, 5) is 5.39. The Hall–Kier alpha value is -1.97. The molecule has 2 aliphatic rings. The number of benzene rings is 1. The van der Waals surface area contributed by atoms with Gasteiger partial charge in [0.05, 0.1) is 5.71 Å². The van der Waals surface area contributed by atoms with Crippen LogP contribution in [-0.2, 0) is 10.0 Å². The Balaban J connectivity index is 1.50. The Labute approximate surface area is 168 Å². The molecule has 9 heteroatoms. The van der Waals surface area contributed by atoms with Crippen molar-refractivity contribution < 1.29 is 12.8 Å². The minimum atomic E-state index is -3.50. The summed E-state index contributed by atoms with van der Waals surface area (Å²) in [7, 11) is -3.50. The van der Waals surface area contributed by atoms with Crippen molar-refractivity contribution in [3.8, 4) is 0 Å². The third kappa shape index (κ3) is 4.06. The summed E-state index contributed by atoms with van der Waals surface area (Å²) in [6.07, 6.45) is 4.93. The van der Waals surface area contributed by atoms with Crippen LogP contribution in [0.25, 0.3) is 0 Å². The molecule has 0 spiro atoms. The van der Waals surface area contributed by atoms with Crippen LogP contribution in [0.4, 0.5) is 10.2 Å². The third-order valence-corrected chi connectivity index (χ3v) is 7.80. The highest BCUT2D eigenvalue weighted by molar-refractivity contribution is 7.99. The van der Waals surface area contributed by atoms with E-state index in [-0.39, 0.29) is 10.7 Å². The second-order valence-electron chi connectivity index (χ2n) is 6.75. The quantitative estimate of drug-likeness (QED) is 0.764. The van der Waals surface area contributed by atoms with Crippen molar-refractivity contribution >= 4 is 33.3 Å². The lowest BCUT2D eigenvalue weighted by molar-refractivity contribution is 0.346. The van der Waals surface area contributed by atoms with Gasteiger partial charge in [0, 0.05) is 41.9 Å². The van der Waals surface area contributed by atoms with Crippen LogP contribution >= 0.6 is 11.8 Å². The first-order valence-corrected chi connectivity index (χ1v) is 11.7. The van der Waals surface area contributed by atoms with Gasteiger partial charge in [-0.05, 0) is 43.2 Å². The summed E-state index contributed by atoms with van der Waals surface area (Å²) in [6, 6.07) is 7.85. The van der Waals surface area contributed by atoms with E-state index in [4.69, 9.17) is 0 Å². The van der Waals surface area contributed by atoms with E-state index in [0.717, 1.165) is 47.6 Å². The first-order chi connectivity index (χ1) is 13.5. The van der Waals surface area contributed by atoms with Crippen molar-refractivity contribution in [1.29, 1.82) is 0 Å². The molecule has 3 heterocycles. The van der Waals surface area contributed by atoms with E-state index >= 15 is 0 Å². The molecule has 148 valence electrons. The number of halogens is 1. The number of nitrogens with one attached hydrogen (secondary N) is 1. The average Bonchev–Trinajstić information content (AvgIpc) is 2.73. The number of aromatic nitrogens is 1. The van der Waals surface area contributed by atoms with Gasteiger partial charge < -0.3 is 0 Å². The van der Waals surface area contributed by atoms with Crippen molar-refractivity contribution in [3.05, 3.63) is 47.9 Å². The van der Waals surface area contributed by atoms with Crippen molar-refractivity contribution in [2.45, 2.75) is 35.5 Å². The van der Waals surface area contributed by atoms with Gasteiger partial charge in [-0.3, -0.25) is 5.43 Å². The van der Waals surface area contributed by atoms with Crippen molar-refractivity contribution in [3.63, 3.8) is 0 Å². The number of sulfonamides is 1. The molecule has 2 aliphatic heterocycles. The summed E-state index contributed by atoms with van der Waals surface area (Å²) in [5.41, 5.74) is 4.42. The van der Waals surface area contributed by atoms with Crippen LogP contribution < -0.4 is 5.43 Å². The molecule has 1 N–H and O–H groups in total. The topological polar surface area (TPSA) is 74.7 Å². The zero-order valence-corrected chi connectivity index (χ0v) is 16.9. The summed E-state index contributed by atoms with van der Waals surface area (Å²) in [5, 5.41) is 4.38. The first kappa shape index (κ1) is 19.4.